The summed E-state index contributed by atoms with van der Waals surface area (Å²) < 4.78 is 38.0. The van der Waals surface area contributed by atoms with Crippen LogP contribution in [0.2, 0.25) is 0 Å². The van der Waals surface area contributed by atoms with Gasteiger partial charge in [0.05, 0.1) is 5.56 Å². The highest BCUT2D eigenvalue weighted by molar-refractivity contribution is 5.45. The number of hydrogen-bond donors (Lipinski definition) is 2. The lowest BCUT2D eigenvalue weighted by molar-refractivity contribution is -0.137. The Morgan fingerprint density at radius 2 is 2.17 bits per heavy atom. The van der Waals surface area contributed by atoms with Gasteiger partial charge in [0, 0.05) is 18.2 Å². The minimum Gasteiger partial charge on any atom is -0.383 e. The van der Waals surface area contributed by atoms with E-state index in [2.05, 4.69) is 10.3 Å². The Morgan fingerprint density at radius 3 is 2.78 bits per heavy atom. The zero-order valence-electron chi connectivity index (χ0n) is 10.1. The van der Waals surface area contributed by atoms with E-state index in [1.807, 2.05) is 6.92 Å². The Bertz CT molecular complexity index is 431. The summed E-state index contributed by atoms with van der Waals surface area (Å²) in [5, 5.41) is 3.25. The number of nitrogens with zero attached hydrogens (tertiary/aromatic N) is 1. The molecule has 3 nitrogen and oxygen atoms in total. The van der Waals surface area contributed by atoms with Crippen molar-refractivity contribution in [1.82, 2.24) is 10.3 Å². The molecule has 3 N–H and O–H groups in total. The first-order valence-corrected chi connectivity index (χ1v) is 5.95. The van der Waals surface area contributed by atoms with Crippen molar-refractivity contribution in [2.75, 3.05) is 12.3 Å². The SMILES string of the molecule is C[C@H]1NCCC[C@@H]1c1cc(C(F)(F)F)cnc1N. The lowest BCUT2D eigenvalue weighted by atomic mass is 9.85. The molecule has 1 aromatic heterocycles. The number of anilines is 1. The predicted molar refractivity (Wildman–Crippen MR) is 63.1 cm³/mol. The number of nitrogen functional groups attached to an aromatic ring is 1. The van der Waals surface area contributed by atoms with Gasteiger partial charge in [0.25, 0.3) is 0 Å². The van der Waals surface area contributed by atoms with Gasteiger partial charge in [-0.2, -0.15) is 13.2 Å². The molecule has 1 saturated heterocycles. The number of alkyl halides is 3. The van der Waals surface area contributed by atoms with Gasteiger partial charge in [-0.05, 0) is 37.9 Å². The maximum Gasteiger partial charge on any atom is 0.417 e. The van der Waals surface area contributed by atoms with E-state index in [9.17, 15) is 13.2 Å². The molecule has 2 rings (SSSR count). The standard InChI is InChI=1S/C12H16F3N3/c1-7-9(3-2-4-17-7)10-5-8(12(13,14)15)6-18-11(10)16/h5-7,9,17H,2-4H2,1H3,(H2,16,18)/t7-,9+/m1/s1. The molecule has 2 heterocycles. The van der Waals surface area contributed by atoms with Crippen molar-refractivity contribution < 1.29 is 13.2 Å². The van der Waals surface area contributed by atoms with Crippen LogP contribution in [0.3, 0.4) is 0 Å². The second-order valence-electron chi connectivity index (χ2n) is 4.69. The fraction of sp³-hybridized carbons (Fsp3) is 0.583. The van der Waals surface area contributed by atoms with E-state index < -0.39 is 11.7 Å². The number of nitrogens with two attached hydrogens (primary N) is 1. The second-order valence-corrected chi connectivity index (χ2v) is 4.69. The Balaban J connectivity index is 2.37. The average Bonchev–Trinajstić information content (AvgIpc) is 2.29. The summed E-state index contributed by atoms with van der Waals surface area (Å²) in [4.78, 5) is 3.69. The number of rotatable bonds is 1. The number of piperidine rings is 1. The van der Waals surface area contributed by atoms with Crippen molar-refractivity contribution in [3.8, 4) is 0 Å². The van der Waals surface area contributed by atoms with Gasteiger partial charge in [-0.25, -0.2) is 4.98 Å². The summed E-state index contributed by atoms with van der Waals surface area (Å²) in [5.74, 6) is 0.192. The molecule has 0 aliphatic carbocycles. The largest absolute Gasteiger partial charge is 0.417 e. The van der Waals surface area contributed by atoms with Gasteiger partial charge < -0.3 is 11.1 Å². The lowest BCUT2D eigenvalue weighted by Crippen LogP contribution is -2.38. The molecule has 1 aliphatic heterocycles. The molecule has 1 aliphatic rings. The smallest absolute Gasteiger partial charge is 0.383 e. The quantitative estimate of drug-likeness (QED) is 0.814. The van der Waals surface area contributed by atoms with Gasteiger partial charge in [-0.1, -0.05) is 0 Å². The van der Waals surface area contributed by atoms with Crippen LogP contribution in [0.15, 0.2) is 12.3 Å². The van der Waals surface area contributed by atoms with E-state index in [1.54, 1.807) is 0 Å². The Labute approximate surface area is 104 Å². The van der Waals surface area contributed by atoms with Gasteiger partial charge >= 0.3 is 6.18 Å². The highest BCUT2D eigenvalue weighted by Crippen LogP contribution is 2.35. The van der Waals surface area contributed by atoms with Crippen molar-refractivity contribution in [2.45, 2.75) is 37.9 Å². The summed E-state index contributed by atoms with van der Waals surface area (Å²) in [6, 6.07) is 1.25. The summed E-state index contributed by atoms with van der Waals surface area (Å²) in [6.45, 7) is 2.85. The fourth-order valence-electron chi connectivity index (χ4n) is 2.41. The molecule has 18 heavy (non-hydrogen) atoms. The first kappa shape index (κ1) is 13.1. The van der Waals surface area contributed by atoms with Crippen LogP contribution in [0.4, 0.5) is 19.0 Å². The molecule has 0 bridgehead atoms. The minimum absolute atomic E-state index is 0.00597. The van der Waals surface area contributed by atoms with Gasteiger partial charge in [0.15, 0.2) is 0 Å². The Morgan fingerprint density at radius 1 is 1.44 bits per heavy atom. The van der Waals surface area contributed by atoms with Crippen molar-refractivity contribution in [3.05, 3.63) is 23.4 Å². The molecule has 1 aromatic rings. The molecule has 0 saturated carbocycles. The third-order valence-corrected chi connectivity index (χ3v) is 3.44. The van der Waals surface area contributed by atoms with E-state index in [0.29, 0.717) is 5.56 Å². The lowest BCUT2D eigenvalue weighted by Gasteiger charge is -2.31. The van der Waals surface area contributed by atoms with Crippen LogP contribution in [0.1, 0.15) is 36.8 Å². The molecule has 0 radical (unpaired) electrons. The van der Waals surface area contributed by atoms with E-state index in [-0.39, 0.29) is 17.8 Å². The number of halogens is 3. The highest BCUT2D eigenvalue weighted by atomic mass is 19.4. The van der Waals surface area contributed by atoms with Crippen LogP contribution in [-0.2, 0) is 6.18 Å². The fourth-order valence-corrected chi connectivity index (χ4v) is 2.41. The summed E-state index contributed by atoms with van der Waals surface area (Å²) >= 11 is 0. The average molecular weight is 259 g/mol. The van der Waals surface area contributed by atoms with Crippen LogP contribution >= 0.6 is 0 Å². The first-order chi connectivity index (χ1) is 8.39. The van der Waals surface area contributed by atoms with E-state index in [0.717, 1.165) is 31.6 Å². The Kier molecular flexibility index (Phi) is 3.47. The number of hydrogen-bond acceptors (Lipinski definition) is 3. The molecular weight excluding hydrogens is 243 g/mol. The normalized spacial score (nSPS) is 25.1. The molecule has 0 aromatic carbocycles. The molecular formula is C12H16F3N3. The van der Waals surface area contributed by atoms with E-state index in [4.69, 9.17) is 5.73 Å². The predicted octanol–water partition coefficient (Wildman–Crippen LogP) is 2.54. The zero-order chi connectivity index (χ0) is 13.3. The third-order valence-electron chi connectivity index (χ3n) is 3.44. The molecule has 0 unspecified atom stereocenters. The van der Waals surface area contributed by atoms with Gasteiger partial charge in [-0.3, -0.25) is 0 Å². The minimum atomic E-state index is -4.37. The second kappa shape index (κ2) is 4.76. The van der Waals surface area contributed by atoms with Crippen molar-refractivity contribution in [1.29, 1.82) is 0 Å². The van der Waals surface area contributed by atoms with Gasteiger partial charge in [0.2, 0.25) is 0 Å². The van der Waals surface area contributed by atoms with Crippen molar-refractivity contribution >= 4 is 5.82 Å². The molecule has 6 heteroatoms. The molecule has 100 valence electrons. The van der Waals surface area contributed by atoms with Crippen LogP contribution < -0.4 is 11.1 Å². The van der Waals surface area contributed by atoms with E-state index >= 15 is 0 Å². The molecule has 0 spiro atoms. The monoisotopic (exact) mass is 259 g/mol. The number of pyridine rings is 1. The molecule has 0 amide bonds. The molecule has 1 fully saturated rings. The summed E-state index contributed by atoms with van der Waals surface area (Å²) in [6.07, 6.45) is -1.81. The maximum absolute atomic E-state index is 12.7. The van der Waals surface area contributed by atoms with E-state index in [1.165, 1.54) is 0 Å². The zero-order valence-corrected chi connectivity index (χ0v) is 10.1. The first-order valence-electron chi connectivity index (χ1n) is 5.95. The summed E-state index contributed by atoms with van der Waals surface area (Å²) in [7, 11) is 0. The summed E-state index contributed by atoms with van der Waals surface area (Å²) in [5.41, 5.74) is 5.49. The van der Waals surface area contributed by atoms with Crippen LogP contribution in [0.25, 0.3) is 0 Å². The van der Waals surface area contributed by atoms with Gasteiger partial charge in [-0.15, -0.1) is 0 Å². The highest BCUT2D eigenvalue weighted by Gasteiger charge is 2.33. The maximum atomic E-state index is 12.7. The number of aromatic nitrogens is 1. The molecule has 2 atom stereocenters. The van der Waals surface area contributed by atoms with Crippen LogP contribution in [-0.4, -0.2) is 17.6 Å². The Hall–Kier alpha value is -1.30. The third kappa shape index (κ3) is 2.58. The van der Waals surface area contributed by atoms with Crippen LogP contribution in [0.5, 0.6) is 0 Å². The van der Waals surface area contributed by atoms with Gasteiger partial charge in [0.1, 0.15) is 5.82 Å². The van der Waals surface area contributed by atoms with Crippen molar-refractivity contribution in [2.24, 2.45) is 0 Å². The topological polar surface area (TPSA) is 50.9 Å². The van der Waals surface area contributed by atoms with Crippen LogP contribution in [0, 0.1) is 0 Å². The van der Waals surface area contributed by atoms with Crippen molar-refractivity contribution in [3.63, 3.8) is 0 Å². The number of nitrogens with one attached hydrogen (secondary N) is 1.